The van der Waals surface area contributed by atoms with Crippen molar-refractivity contribution in [1.29, 1.82) is 0 Å². The first-order chi connectivity index (χ1) is 35.8. The van der Waals surface area contributed by atoms with Gasteiger partial charge in [-0.15, -0.1) is 0 Å². The first-order valence-electron chi connectivity index (χ1n) is 26.4. The zero-order chi connectivity index (χ0) is 49.7. The van der Waals surface area contributed by atoms with Gasteiger partial charge in [0, 0.05) is 76.4 Å². The van der Waals surface area contributed by atoms with Gasteiger partial charge < -0.3 is 29.7 Å². The highest BCUT2D eigenvalue weighted by Crippen LogP contribution is 2.47. The molecule has 7 nitrogen and oxygen atoms in total. The van der Waals surface area contributed by atoms with E-state index in [1.54, 1.807) is 7.11 Å². The monoisotopic (exact) mass is 963 g/mol. The van der Waals surface area contributed by atoms with E-state index in [4.69, 9.17) is 9.47 Å². The third-order valence-corrected chi connectivity index (χ3v) is 15.8. The summed E-state index contributed by atoms with van der Waals surface area (Å²) in [7, 11) is 1.70. The maximum atomic E-state index is 13.5. The van der Waals surface area contributed by atoms with Crippen molar-refractivity contribution in [3.05, 3.63) is 210 Å². The third-order valence-electron chi connectivity index (χ3n) is 15.8. The van der Waals surface area contributed by atoms with E-state index >= 15 is 0 Å². The summed E-state index contributed by atoms with van der Waals surface area (Å²) in [6.45, 7) is 5.99. The number of phenols is 1. The fourth-order valence-corrected chi connectivity index (χ4v) is 11.5. The van der Waals surface area contributed by atoms with Crippen LogP contribution >= 0.6 is 0 Å². The highest BCUT2D eigenvalue weighted by Gasteiger charge is 2.38. The lowest BCUT2D eigenvalue weighted by Gasteiger charge is -2.38. The van der Waals surface area contributed by atoms with Crippen LogP contribution in [0.4, 0.5) is 17.1 Å². The molecule has 1 saturated carbocycles. The number of methoxy groups -OCH3 is 1. The topological polar surface area (TPSA) is 74.3 Å². The molecular formula is C66H65N3O4. The lowest BCUT2D eigenvalue weighted by Crippen LogP contribution is -2.46. The summed E-state index contributed by atoms with van der Waals surface area (Å²) in [4.78, 5) is 18.4. The van der Waals surface area contributed by atoms with E-state index in [2.05, 4.69) is 131 Å². The van der Waals surface area contributed by atoms with Gasteiger partial charge in [0.05, 0.1) is 7.11 Å². The summed E-state index contributed by atoms with van der Waals surface area (Å²) in [5, 5.41) is 16.5. The van der Waals surface area contributed by atoms with E-state index in [0.29, 0.717) is 22.8 Å². The number of hydrogen-bond donors (Lipinski definition) is 2. The molecule has 0 spiro atoms. The summed E-state index contributed by atoms with van der Waals surface area (Å²) in [5.74, 6) is 3.11. The van der Waals surface area contributed by atoms with Gasteiger partial charge in [0.25, 0.3) is 5.91 Å². The van der Waals surface area contributed by atoms with Gasteiger partial charge in [-0.1, -0.05) is 142 Å². The lowest BCUT2D eigenvalue weighted by atomic mass is 9.77. The summed E-state index contributed by atoms with van der Waals surface area (Å²) < 4.78 is 12.6. The number of nitrogens with zero attached hydrogens (tertiary/aromatic N) is 2. The molecule has 8 aromatic carbocycles. The molecule has 368 valence electrons. The van der Waals surface area contributed by atoms with Crippen LogP contribution in [0.2, 0.25) is 0 Å². The average molecular weight is 964 g/mol. The lowest BCUT2D eigenvalue weighted by molar-refractivity contribution is 0.102. The minimum absolute atomic E-state index is 0.132. The second-order valence-corrected chi connectivity index (χ2v) is 20.3. The standard InChI is InChI=1S/C66H65N3O4/c1-3-4-6-9-46-12-14-47(15-13-46)48-16-18-49(19-17-48)50-26-30-57(31-27-50)67-65(71)53-23-20-51(21-24-53)61-44-54-25-22-52-38-39-66(55-10-7-5-8-11-55,73-64(52)62(54)45-63(61)70)56-28-32-58(33-29-56)68-40-42-69(43-41-68)59-34-36-60(72-2)37-35-59/h5,7-8,10-11,16-39,44-47,70H,3-4,6,9,12-15,40-43H2,1-2H3,(H,67,71). The number of nitrogens with one attached hydrogen (secondary N) is 1. The molecular weight excluding hydrogens is 899 g/mol. The van der Waals surface area contributed by atoms with Gasteiger partial charge in [0.2, 0.25) is 0 Å². The Labute approximate surface area is 430 Å². The molecule has 73 heavy (non-hydrogen) atoms. The second-order valence-electron chi connectivity index (χ2n) is 20.3. The number of fused-ring (bicyclic) bond motifs is 3. The summed E-state index contributed by atoms with van der Waals surface area (Å²) in [6, 6.07) is 60.0. The molecule has 2 heterocycles. The highest BCUT2D eigenvalue weighted by molar-refractivity contribution is 6.05. The van der Waals surface area contributed by atoms with Gasteiger partial charge in [-0.25, -0.2) is 0 Å². The minimum Gasteiger partial charge on any atom is -0.507 e. The number of carbonyl (C=O) groups is 1. The van der Waals surface area contributed by atoms with Crippen molar-refractivity contribution in [2.45, 2.75) is 69.8 Å². The minimum atomic E-state index is -0.904. The van der Waals surface area contributed by atoms with E-state index in [-0.39, 0.29) is 11.7 Å². The smallest absolute Gasteiger partial charge is 0.255 e. The van der Waals surface area contributed by atoms with Gasteiger partial charge >= 0.3 is 0 Å². The van der Waals surface area contributed by atoms with Crippen LogP contribution in [-0.4, -0.2) is 44.3 Å². The Morgan fingerprint density at radius 1 is 0.671 bits per heavy atom. The summed E-state index contributed by atoms with van der Waals surface area (Å²) in [5.41, 5.74) is 11.0. The largest absolute Gasteiger partial charge is 0.507 e. The van der Waals surface area contributed by atoms with Crippen LogP contribution in [0.1, 0.15) is 96.8 Å². The number of hydrogen-bond acceptors (Lipinski definition) is 6. The highest BCUT2D eigenvalue weighted by atomic mass is 16.5. The van der Waals surface area contributed by atoms with Crippen molar-refractivity contribution < 1.29 is 19.4 Å². The number of amides is 1. The van der Waals surface area contributed by atoms with E-state index in [1.165, 1.54) is 73.9 Å². The predicted octanol–water partition coefficient (Wildman–Crippen LogP) is 15.7. The second kappa shape index (κ2) is 21.1. The number of aromatic hydroxyl groups is 1. The van der Waals surface area contributed by atoms with Crippen molar-refractivity contribution in [2.24, 2.45) is 5.92 Å². The van der Waals surface area contributed by atoms with Gasteiger partial charge in [-0.05, 0) is 144 Å². The molecule has 11 rings (SSSR count). The Balaban J connectivity index is 0.755. The van der Waals surface area contributed by atoms with Crippen molar-refractivity contribution in [3.8, 4) is 39.5 Å². The van der Waals surface area contributed by atoms with Crippen LogP contribution in [0.5, 0.6) is 17.2 Å². The Kier molecular flexibility index (Phi) is 13.8. The molecule has 1 atom stereocenters. The molecule has 8 aromatic rings. The molecule has 1 amide bonds. The van der Waals surface area contributed by atoms with Gasteiger partial charge in [-0.3, -0.25) is 4.79 Å². The first-order valence-corrected chi connectivity index (χ1v) is 26.4. The third kappa shape index (κ3) is 10.1. The summed E-state index contributed by atoms with van der Waals surface area (Å²) >= 11 is 0. The average Bonchev–Trinajstić information content (AvgIpc) is 3.46. The van der Waals surface area contributed by atoms with E-state index in [0.717, 1.165) is 82.1 Å². The zero-order valence-electron chi connectivity index (χ0n) is 42.1. The molecule has 2 aliphatic heterocycles. The number of carbonyl (C=O) groups excluding carboxylic acids is 1. The molecule has 0 aromatic heterocycles. The number of piperazine rings is 1. The van der Waals surface area contributed by atoms with Gasteiger partial charge in [0.1, 0.15) is 17.2 Å². The Morgan fingerprint density at radius 3 is 1.93 bits per heavy atom. The fourth-order valence-electron chi connectivity index (χ4n) is 11.5. The number of anilines is 3. The molecule has 1 saturated heterocycles. The van der Waals surface area contributed by atoms with Crippen LogP contribution in [0.25, 0.3) is 39.1 Å². The van der Waals surface area contributed by atoms with E-state index in [1.807, 2.05) is 78.9 Å². The number of phenolic OH excluding ortho intramolecular Hbond substituents is 1. The Hall–Kier alpha value is -7.77. The quantitative estimate of drug-likeness (QED) is 0.106. The van der Waals surface area contributed by atoms with Crippen LogP contribution in [0, 0.1) is 5.92 Å². The molecule has 1 unspecified atom stereocenters. The maximum Gasteiger partial charge on any atom is 0.255 e. The van der Waals surface area contributed by atoms with Crippen molar-refractivity contribution in [2.75, 3.05) is 48.4 Å². The van der Waals surface area contributed by atoms with Gasteiger partial charge in [0.15, 0.2) is 5.60 Å². The van der Waals surface area contributed by atoms with E-state index < -0.39 is 5.60 Å². The molecule has 2 N–H and O–H groups in total. The molecule has 7 heteroatoms. The summed E-state index contributed by atoms with van der Waals surface area (Å²) in [6.07, 6.45) is 15.1. The number of unbranched alkanes of at least 4 members (excludes halogenated alkanes) is 2. The van der Waals surface area contributed by atoms with Crippen molar-refractivity contribution in [1.82, 2.24) is 0 Å². The molecule has 1 aliphatic carbocycles. The fraction of sp³-hybridized carbons (Fsp3) is 0.258. The Morgan fingerprint density at radius 2 is 1.29 bits per heavy atom. The molecule has 2 fully saturated rings. The van der Waals surface area contributed by atoms with Crippen LogP contribution in [-0.2, 0) is 5.60 Å². The molecule has 0 radical (unpaired) electrons. The van der Waals surface area contributed by atoms with Crippen LogP contribution in [0.15, 0.2) is 182 Å². The van der Waals surface area contributed by atoms with Gasteiger partial charge in [-0.2, -0.15) is 0 Å². The maximum absolute atomic E-state index is 13.5. The number of ether oxygens (including phenoxy) is 2. The first kappa shape index (κ1) is 47.5. The van der Waals surface area contributed by atoms with Crippen molar-refractivity contribution in [3.63, 3.8) is 0 Å². The number of rotatable bonds is 14. The van der Waals surface area contributed by atoms with E-state index in [9.17, 15) is 9.90 Å². The Bertz CT molecular complexity index is 3190. The molecule has 3 aliphatic rings. The van der Waals surface area contributed by atoms with Crippen LogP contribution < -0.4 is 24.6 Å². The molecule has 0 bridgehead atoms. The number of benzene rings is 8. The predicted molar refractivity (Wildman–Crippen MR) is 300 cm³/mol. The zero-order valence-corrected chi connectivity index (χ0v) is 42.1. The SMILES string of the molecule is CCCCCC1CCC(c2ccc(-c3ccc(NC(=O)c4ccc(-c5cc6ccc7c(c6cc5O)OC(c5ccccc5)(c5ccc(N6CCN(c8ccc(OC)cc8)CC6)cc5)C=C7)cc4)cc3)cc2)CC1. The van der Waals surface area contributed by atoms with Crippen molar-refractivity contribution >= 4 is 39.8 Å². The van der Waals surface area contributed by atoms with Crippen LogP contribution in [0.3, 0.4) is 0 Å². The normalized spacial score (nSPS) is 18.5.